The van der Waals surface area contributed by atoms with Crippen molar-refractivity contribution in [2.24, 2.45) is 0 Å². The molecule has 0 radical (unpaired) electrons. The smallest absolute Gasteiger partial charge is 0.475 e. The number of nitrogens with one attached hydrogen (secondary N) is 1. The number of carboxylic acid groups (broad SMARTS) is 1. The molecule has 1 aromatic heterocycles. The van der Waals surface area contributed by atoms with Crippen LogP contribution in [0.25, 0.3) is 22.5 Å². The molecule has 51 heavy (non-hydrogen) atoms. The molecule has 1 heterocycles. The minimum Gasteiger partial charge on any atom is -0.475 e. The first kappa shape index (κ1) is 39.0. The molecule has 0 fully saturated rings. The number of benzene rings is 4. The number of hydrogen-bond acceptors (Lipinski definition) is 5. The van der Waals surface area contributed by atoms with Crippen LogP contribution in [0.3, 0.4) is 0 Å². The molecule has 0 spiro atoms. The molecule has 0 aliphatic rings. The number of carbonyl (C=O) groups is 2. The van der Waals surface area contributed by atoms with Crippen molar-refractivity contribution in [3.63, 3.8) is 0 Å². The van der Waals surface area contributed by atoms with Gasteiger partial charge in [0.05, 0.1) is 11.4 Å². The molecule has 2 atom stereocenters. The highest BCUT2D eigenvalue weighted by Gasteiger charge is 2.38. The Morgan fingerprint density at radius 2 is 1.49 bits per heavy atom. The van der Waals surface area contributed by atoms with E-state index in [1.165, 1.54) is 5.56 Å². The summed E-state index contributed by atoms with van der Waals surface area (Å²) < 4.78 is 57.5. The highest BCUT2D eigenvalue weighted by atomic mass is 35.5. The molecule has 3 N–H and O–H groups in total. The first-order valence-corrected chi connectivity index (χ1v) is 17.3. The van der Waals surface area contributed by atoms with Gasteiger partial charge in [-0.05, 0) is 70.0 Å². The average molecular weight is 741 g/mol. The fourth-order valence-electron chi connectivity index (χ4n) is 5.07. The van der Waals surface area contributed by atoms with Gasteiger partial charge in [0.15, 0.2) is 16.8 Å². The van der Waals surface area contributed by atoms with Crippen LogP contribution < -0.4 is 5.32 Å². The second kappa shape index (κ2) is 17.0. The molecule has 0 aliphatic carbocycles. The standard InChI is InChI=1S/C36H35ClN2O4S.C2HF3O2/c1-36(2,3)30-15-11-26(12-16-30)32(21-24-7-9-27(10-8-24)35(40)38-19-20-44(41)42)33-23-34(43-39-33)29-6-4-5-28(22-29)25-13-17-31(37)18-14-25;3-2(4,5)1(6)7/h4-18,22-23,32H,19-21H2,1-3H3,(H,38,40)(H,41,42);(H,6,7). The first-order chi connectivity index (χ1) is 24.0. The SMILES string of the molecule is CC(C)(C)c1ccc(C(Cc2ccc(C(=O)NCCS(=O)O)cc2)c2cc(-c3cccc(-c4ccc(Cl)cc4)c3)on2)cc1.O=C(O)C(F)(F)F. The van der Waals surface area contributed by atoms with Crippen LogP contribution in [0, 0.1) is 0 Å². The highest BCUT2D eigenvalue weighted by Crippen LogP contribution is 2.34. The van der Waals surface area contributed by atoms with E-state index in [2.05, 4.69) is 67.6 Å². The van der Waals surface area contributed by atoms with Crippen molar-refractivity contribution in [3.8, 4) is 22.5 Å². The van der Waals surface area contributed by atoms with Crippen LogP contribution in [0.2, 0.25) is 5.02 Å². The fourth-order valence-corrected chi connectivity index (χ4v) is 5.48. The Morgan fingerprint density at radius 3 is 2.06 bits per heavy atom. The number of aliphatic carboxylic acids is 1. The summed E-state index contributed by atoms with van der Waals surface area (Å²) in [5, 5.41) is 15.0. The number of nitrogens with zero attached hydrogens (tertiary/aromatic N) is 1. The zero-order chi connectivity index (χ0) is 37.3. The van der Waals surface area contributed by atoms with Gasteiger partial charge in [0.2, 0.25) is 0 Å². The van der Waals surface area contributed by atoms with E-state index < -0.39 is 23.2 Å². The lowest BCUT2D eigenvalue weighted by molar-refractivity contribution is -0.192. The van der Waals surface area contributed by atoms with Gasteiger partial charge >= 0.3 is 12.1 Å². The van der Waals surface area contributed by atoms with E-state index in [-0.39, 0.29) is 29.5 Å². The molecular weight excluding hydrogens is 705 g/mol. The largest absolute Gasteiger partial charge is 0.490 e. The number of rotatable bonds is 10. The Balaban J connectivity index is 0.000000755. The fraction of sp³-hybridized carbons (Fsp3) is 0.237. The topological polar surface area (TPSA) is 130 Å². The number of hydrogen-bond donors (Lipinski definition) is 3. The summed E-state index contributed by atoms with van der Waals surface area (Å²) in [4.78, 5) is 21.4. The van der Waals surface area contributed by atoms with Crippen LogP contribution in [0.5, 0.6) is 0 Å². The summed E-state index contributed by atoms with van der Waals surface area (Å²) in [6.45, 7) is 6.72. The van der Waals surface area contributed by atoms with Gasteiger partial charge in [-0.1, -0.05) is 104 Å². The Hall–Kier alpha value is -4.78. The van der Waals surface area contributed by atoms with E-state index in [0.29, 0.717) is 22.8 Å². The van der Waals surface area contributed by atoms with Gasteiger partial charge in [-0.2, -0.15) is 13.2 Å². The Kier molecular flexibility index (Phi) is 13.0. The summed E-state index contributed by atoms with van der Waals surface area (Å²) in [6.07, 6.45) is -4.43. The molecule has 0 bridgehead atoms. The quantitative estimate of drug-likeness (QED) is 0.122. The van der Waals surface area contributed by atoms with Gasteiger partial charge in [0, 0.05) is 34.7 Å². The number of amides is 1. The second-order valence-electron chi connectivity index (χ2n) is 12.6. The van der Waals surface area contributed by atoms with Gasteiger partial charge in [0.25, 0.3) is 5.91 Å². The van der Waals surface area contributed by atoms with Crippen LogP contribution in [0.15, 0.2) is 108 Å². The lowest BCUT2D eigenvalue weighted by atomic mass is 9.83. The second-order valence-corrected chi connectivity index (χ2v) is 14.1. The molecule has 5 aromatic rings. The molecule has 13 heteroatoms. The summed E-state index contributed by atoms with van der Waals surface area (Å²) in [6, 6.07) is 34.0. The van der Waals surface area contributed by atoms with Gasteiger partial charge in [-0.25, -0.2) is 9.00 Å². The lowest BCUT2D eigenvalue weighted by Crippen LogP contribution is -2.27. The van der Waals surface area contributed by atoms with Gasteiger partial charge in [-0.3, -0.25) is 4.79 Å². The van der Waals surface area contributed by atoms with E-state index in [9.17, 15) is 22.2 Å². The van der Waals surface area contributed by atoms with Crippen LogP contribution in [-0.4, -0.2) is 49.4 Å². The van der Waals surface area contributed by atoms with Crippen molar-refractivity contribution in [1.82, 2.24) is 10.5 Å². The third kappa shape index (κ3) is 11.4. The van der Waals surface area contributed by atoms with Crippen LogP contribution >= 0.6 is 11.6 Å². The van der Waals surface area contributed by atoms with Gasteiger partial charge in [0.1, 0.15) is 0 Å². The van der Waals surface area contributed by atoms with Crippen molar-refractivity contribution >= 4 is 34.6 Å². The summed E-state index contributed by atoms with van der Waals surface area (Å²) >= 11 is 4.14. The van der Waals surface area contributed by atoms with E-state index in [4.69, 9.17) is 30.6 Å². The highest BCUT2D eigenvalue weighted by molar-refractivity contribution is 7.79. The van der Waals surface area contributed by atoms with E-state index in [1.54, 1.807) is 12.1 Å². The summed E-state index contributed by atoms with van der Waals surface area (Å²) in [5.74, 6) is -2.45. The molecule has 2 unspecified atom stereocenters. The predicted molar refractivity (Wildman–Crippen MR) is 191 cm³/mol. The maximum Gasteiger partial charge on any atom is 0.490 e. The molecule has 8 nitrogen and oxygen atoms in total. The number of aromatic nitrogens is 1. The maximum atomic E-state index is 12.5. The number of alkyl halides is 3. The minimum atomic E-state index is -5.08. The average Bonchev–Trinajstić information content (AvgIpc) is 3.57. The van der Waals surface area contributed by atoms with Gasteiger partial charge in [-0.15, -0.1) is 0 Å². The third-order valence-electron chi connectivity index (χ3n) is 7.85. The molecule has 4 aromatic carbocycles. The first-order valence-electron chi connectivity index (χ1n) is 15.7. The third-order valence-corrected chi connectivity index (χ3v) is 8.66. The number of halogens is 4. The molecule has 1 amide bonds. The van der Waals surface area contributed by atoms with Crippen molar-refractivity contribution in [2.75, 3.05) is 12.3 Å². The van der Waals surface area contributed by atoms with Crippen LogP contribution in [-0.2, 0) is 27.7 Å². The molecule has 0 aliphatic heterocycles. The monoisotopic (exact) mass is 740 g/mol. The van der Waals surface area contributed by atoms with E-state index >= 15 is 0 Å². The summed E-state index contributed by atoms with van der Waals surface area (Å²) in [5.41, 5.74) is 7.80. The number of carbonyl (C=O) groups excluding carboxylic acids is 1. The number of carboxylic acids is 1. The minimum absolute atomic E-state index is 0.00931. The Morgan fingerprint density at radius 1 is 0.882 bits per heavy atom. The van der Waals surface area contributed by atoms with E-state index in [0.717, 1.165) is 33.5 Å². The Labute approximate surface area is 300 Å². The van der Waals surface area contributed by atoms with Crippen molar-refractivity contribution in [3.05, 3.63) is 136 Å². The van der Waals surface area contributed by atoms with Crippen LogP contribution in [0.4, 0.5) is 13.2 Å². The van der Waals surface area contributed by atoms with Crippen molar-refractivity contribution in [1.29, 1.82) is 0 Å². The van der Waals surface area contributed by atoms with E-state index in [1.807, 2.05) is 54.6 Å². The molecule has 5 rings (SSSR count). The van der Waals surface area contributed by atoms with Crippen LogP contribution in [0.1, 0.15) is 59.4 Å². The zero-order valence-electron chi connectivity index (χ0n) is 27.9. The van der Waals surface area contributed by atoms with Crippen molar-refractivity contribution < 1.29 is 41.2 Å². The normalized spacial score (nSPS) is 12.7. The predicted octanol–water partition coefficient (Wildman–Crippen LogP) is 8.92. The molecular formula is C38H36ClF3N2O6S. The molecule has 0 saturated carbocycles. The van der Waals surface area contributed by atoms with Crippen molar-refractivity contribution in [2.45, 2.75) is 44.7 Å². The summed E-state index contributed by atoms with van der Waals surface area (Å²) in [7, 11) is 0. The zero-order valence-corrected chi connectivity index (χ0v) is 29.5. The maximum absolute atomic E-state index is 12.5. The van der Waals surface area contributed by atoms with Gasteiger partial charge < -0.3 is 19.5 Å². The molecule has 0 saturated heterocycles. The lowest BCUT2D eigenvalue weighted by Gasteiger charge is -2.21. The Bertz CT molecular complexity index is 1960. The molecule has 268 valence electrons.